The minimum atomic E-state index is 0.183. The average molecular weight is 318 g/mol. The summed E-state index contributed by atoms with van der Waals surface area (Å²) in [5, 5.41) is 9.77. The number of phenolic OH excluding ortho intramolecular Hbond substituents is 1. The van der Waals surface area contributed by atoms with Gasteiger partial charge in [-0.3, -0.25) is 0 Å². The Morgan fingerprint density at radius 2 is 2.07 bits per heavy atom. The lowest BCUT2D eigenvalue weighted by molar-refractivity contribution is 0.473. The summed E-state index contributed by atoms with van der Waals surface area (Å²) in [5.41, 5.74) is 0.663. The summed E-state index contributed by atoms with van der Waals surface area (Å²) in [6, 6.07) is 3.58. The Labute approximate surface area is 97.4 Å². The molecule has 2 aromatic rings. The normalized spacial score (nSPS) is 10.4. The SMILES string of the molecule is Oc1c(Br)cc(Br)cc1-c1ncc[nH]1. The van der Waals surface area contributed by atoms with Gasteiger partial charge in [0, 0.05) is 16.9 Å². The number of hydrogen-bond acceptors (Lipinski definition) is 2. The number of aromatic hydroxyl groups is 1. The molecule has 0 fully saturated rings. The van der Waals surface area contributed by atoms with Gasteiger partial charge < -0.3 is 10.1 Å². The van der Waals surface area contributed by atoms with E-state index >= 15 is 0 Å². The van der Waals surface area contributed by atoms with Crippen molar-refractivity contribution in [1.82, 2.24) is 9.97 Å². The van der Waals surface area contributed by atoms with Gasteiger partial charge in [-0.05, 0) is 28.1 Å². The van der Waals surface area contributed by atoms with Gasteiger partial charge in [-0.2, -0.15) is 0 Å². The second kappa shape index (κ2) is 3.74. The maximum absolute atomic E-state index is 9.77. The molecule has 0 unspecified atom stereocenters. The third-order valence-electron chi connectivity index (χ3n) is 1.78. The molecule has 3 nitrogen and oxygen atoms in total. The van der Waals surface area contributed by atoms with Crippen LogP contribution < -0.4 is 0 Å². The van der Waals surface area contributed by atoms with Gasteiger partial charge in [0.25, 0.3) is 0 Å². The number of H-pyrrole nitrogens is 1. The van der Waals surface area contributed by atoms with E-state index in [4.69, 9.17) is 0 Å². The lowest BCUT2D eigenvalue weighted by atomic mass is 10.2. The molecule has 2 rings (SSSR count). The summed E-state index contributed by atoms with van der Waals surface area (Å²) in [6.45, 7) is 0. The van der Waals surface area contributed by atoms with Crippen molar-refractivity contribution >= 4 is 31.9 Å². The maximum atomic E-state index is 9.77. The highest BCUT2D eigenvalue weighted by Crippen LogP contribution is 2.36. The van der Waals surface area contributed by atoms with Crippen molar-refractivity contribution in [2.45, 2.75) is 0 Å². The predicted octanol–water partition coefficient (Wildman–Crippen LogP) is 3.31. The van der Waals surface area contributed by atoms with E-state index in [1.165, 1.54) is 0 Å². The molecule has 1 heterocycles. The first kappa shape index (κ1) is 9.73. The molecule has 0 aliphatic heterocycles. The Balaban J connectivity index is 2.64. The minimum Gasteiger partial charge on any atom is -0.506 e. The number of nitrogens with zero attached hydrogens (tertiary/aromatic N) is 1. The molecule has 0 amide bonds. The molecule has 0 aliphatic rings. The molecule has 1 aromatic heterocycles. The highest BCUT2D eigenvalue weighted by atomic mass is 79.9. The lowest BCUT2D eigenvalue weighted by Crippen LogP contribution is -1.83. The van der Waals surface area contributed by atoms with Crippen molar-refractivity contribution < 1.29 is 5.11 Å². The number of hydrogen-bond donors (Lipinski definition) is 2. The van der Waals surface area contributed by atoms with E-state index in [0.29, 0.717) is 15.9 Å². The van der Waals surface area contributed by atoms with E-state index in [1.54, 1.807) is 24.5 Å². The summed E-state index contributed by atoms with van der Waals surface area (Å²) in [5.74, 6) is 0.827. The maximum Gasteiger partial charge on any atom is 0.141 e. The van der Waals surface area contributed by atoms with Crippen LogP contribution in [0.15, 0.2) is 33.5 Å². The molecule has 0 spiro atoms. The molecule has 1 aromatic carbocycles. The highest BCUT2D eigenvalue weighted by Gasteiger charge is 2.10. The van der Waals surface area contributed by atoms with Crippen molar-refractivity contribution in [2.24, 2.45) is 0 Å². The molecule has 14 heavy (non-hydrogen) atoms. The highest BCUT2D eigenvalue weighted by molar-refractivity contribution is 9.11. The largest absolute Gasteiger partial charge is 0.506 e. The van der Waals surface area contributed by atoms with E-state index in [1.807, 2.05) is 0 Å². The van der Waals surface area contributed by atoms with Gasteiger partial charge in [-0.15, -0.1) is 0 Å². The number of imidazole rings is 1. The minimum absolute atomic E-state index is 0.183. The first-order valence-electron chi connectivity index (χ1n) is 3.86. The molecule has 5 heteroatoms. The summed E-state index contributed by atoms with van der Waals surface area (Å²) in [6.07, 6.45) is 3.35. The van der Waals surface area contributed by atoms with E-state index in [2.05, 4.69) is 41.8 Å². The standard InChI is InChI=1S/C9H6Br2N2O/c10-5-3-6(8(14)7(11)4-5)9-12-1-2-13-9/h1-4,14H,(H,12,13). The molecule has 0 saturated carbocycles. The summed E-state index contributed by atoms with van der Waals surface area (Å²) in [4.78, 5) is 7.01. The molecule has 0 saturated heterocycles. The predicted molar refractivity (Wildman–Crippen MR) is 61.1 cm³/mol. The first-order chi connectivity index (χ1) is 6.68. The summed E-state index contributed by atoms with van der Waals surface area (Å²) in [7, 11) is 0. The van der Waals surface area contributed by atoms with Crippen molar-refractivity contribution in [3.8, 4) is 17.1 Å². The third kappa shape index (κ3) is 1.69. The van der Waals surface area contributed by atoms with Crippen molar-refractivity contribution in [3.63, 3.8) is 0 Å². The van der Waals surface area contributed by atoms with Crippen molar-refractivity contribution in [3.05, 3.63) is 33.5 Å². The molecular formula is C9H6Br2N2O. The number of benzene rings is 1. The number of phenols is 1. The van der Waals surface area contributed by atoms with Gasteiger partial charge in [0.2, 0.25) is 0 Å². The third-order valence-corrected chi connectivity index (χ3v) is 2.84. The van der Waals surface area contributed by atoms with E-state index in [0.717, 1.165) is 4.47 Å². The van der Waals surface area contributed by atoms with Gasteiger partial charge in [0.05, 0.1) is 10.0 Å². The zero-order chi connectivity index (χ0) is 10.1. The Morgan fingerprint density at radius 3 is 2.71 bits per heavy atom. The molecule has 0 bridgehead atoms. The fourth-order valence-corrected chi connectivity index (χ4v) is 2.38. The Morgan fingerprint density at radius 1 is 1.29 bits per heavy atom. The Kier molecular flexibility index (Phi) is 2.60. The zero-order valence-electron chi connectivity index (χ0n) is 6.96. The molecule has 2 N–H and O–H groups in total. The van der Waals surface area contributed by atoms with E-state index in [-0.39, 0.29) is 5.75 Å². The number of nitrogens with one attached hydrogen (secondary N) is 1. The van der Waals surface area contributed by atoms with Crippen LogP contribution in [-0.4, -0.2) is 15.1 Å². The van der Waals surface area contributed by atoms with Crippen LogP contribution in [0.2, 0.25) is 0 Å². The summed E-state index contributed by atoms with van der Waals surface area (Å²) >= 11 is 6.61. The monoisotopic (exact) mass is 316 g/mol. The van der Waals surface area contributed by atoms with Gasteiger partial charge in [0.1, 0.15) is 11.6 Å². The van der Waals surface area contributed by atoms with Gasteiger partial charge in [-0.25, -0.2) is 4.98 Å². The van der Waals surface area contributed by atoms with Gasteiger partial charge in [0.15, 0.2) is 0 Å². The molecule has 0 radical (unpaired) electrons. The lowest BCUT2D eigenvalue weighted by Gasteiger charge is -2.04. The second-order valence-electron chi connectivity index (χ2n) is 2.72. The van der Waals surface area contributed by atoms with Crippen LogP contribution in [0.3, 0.4) is 0 Å². The van der Waals surface area contributed by atoms with Crippen LogP contribution in [0.4, 0.5) is 0 Å². The van der Waals surface area contributed by atoms with Crippen LogP contribution >= 0.6 is 31.9 Å². The fraction of sp³-hybridized carbons (Fsp3) is 0. The molecule has 0 aliphatic carbocycles. The van der Waals surface area contributed by atoms with Gasteiger partial charge >= 0.3 is 0 Å². The van der Waals surface area contributed by atoms with Gasteiger partial charge in [-0.1, -0.05) is 15.9 Å². The van der Waals surface area contributed by atoms with Crippen LogP contribution in [0, 0.1) is 0 Å². The van der Waals surface area contributed by atoms with Crippen LogP contribution in [-0.2, 0) is 0 Å². The van der Waals surface area contributed by atoms with Crippen LogP contribution in [0.5, 0.6) is 5.75 Å². The Bertz CT molecular complexity index is 454. The zero-order valence-corrected chi connectivity index (χ0v) is 10.1. The molecular weight excluding hydrogens is 312 g/mol. The second-order valence-corrected chi connectivity index (χ2v) is 4.49. The average Bonchev–Trinajstić information content (AvgIpc) is 2.63. The summed E-state index contributed by atoms with van der Waals surface area (Å²) < 4.78 is 1.52. The number of rotatable bonds is 1. The fourth-order valence-electron chi connectivity index (χ4n) is 1.16. The van der Waals surface area contributed by atoms with E-state index < -0.39 is 0 Å². The quantitative estimate of drug-likeness (QED) is 0.847. The van der Waals surface area contributed by atoms with Crippen LogP contribution in [0.25, 0.3) is 11.4 Å². The van der Waals surface area contributed by atoms with Crippen molar-refractivity contribution in [1.29, 1.82) is 0 Å². The first-order valence-corrected chi connectivity index (χ1v) is 5.45. The number of halogens is 2. The molecule has 72 valence electrons. The Hall–Kier alpha value is -0.810. The van der Waals surface area contributed by atoms with Crippen LogP contribution in [0.1, 0.15) is 0 Å². The number of aromatic amines is 1. The van der Waals surface area contributed by atoms with E-state index in [9.17, 15) is 5.11 Å². The van der Waals surface area contributed by atoms with Crippen molar-refractivity contribution in [2.75, 3.05) is 0 Å². The smallest absolute Gasteiger partial charge is 0.141 e. The number of aromatic nitrogens is 2. The molecule has 0 atom stereocenters. The topological polar surface area (TPSA) is 48.9 Å².